The summed E-state index contributed by atoms with van der Waals surface area (Å²) in [5, 5.41) is 12.3. The lowest BCUT2D eigenvalue weighted by atomic mass is 9.42. The maximum atomic E-state index is 13.3. The summed E-state index contributed by atoms with van der Waals surface area (Å²) in [6.45, 7) is 15.1. The molecule has 282 valence electrons. The van der Waals surface area contributed by atoms with Crippen LogP contribution in [0.5, 0.6) is 0 Å². The van der Waals surface area contributed by atoms with Crippen LogP contribution in [-0.2, 0) is 52.0 Å². The highest BCUT2D eigenvalue weighted by atomic mass is 32.3. The Hall–Kier alpha value is -1.16. The first kappa shape index (κ1) is 39.1. The van der Waals surface area contributed by atoms with E-state index >= 15 is 0 Å². The van der Waals surface area contributed by atoms with Crippen molar-refractivity contribution in [1.82, 2.24) is 0 Å². The molecule has 0 aromatic heterocycles. The van der Waals surface area contributed by atoms with Crippen LogP contribution in [0.3, 0.4) is 0 Å². The Morgan fingerprint density at radius 2 is 1.53 bits per heavy atom. The molecular formula is C33H55O14PS. The largest absolute Gasteiger partial charge is 0.472 e. The first-order valence-corrected chi connectivity index (χ1v) is 20.3. The molecule has 5 aliphatic rings. The third kappa shape index (κ3) is 7.02. The number of fused-ring (bicyclic) bond motifs is 7. The van der Waals surface area contributed by atoms with E-state index in [1.54, 1.807) is 0 Å². The molecule has 1 aliphatic heterocycles. The number of rotatable bonds is 9. The fourth-order valence-corrected chi connectivity index (χ4v) is 12.4. The average Bonchev–Trinajstić information content (AvgIpc) is 3.22. The van der Waals surface area contributed by atoms with Crippen LogP contribution in [0, 0.1) is 58.2 Å². The van der Waals surface area contributed by atoms with Crippen LogP contribution in [0.2, 0.25) is 0 Å². The van der Waals surface area contributed by atoms with E-state index in [0.29, 0.717) is 25.2 Å². The Morgan fingerprint density at radius 1 is 0.939 bits per heavy atom. The number of hydrogen-bond acceptors (Lipinski definition) is 12. The van der Waals surface area contributed by atoms with Gasteiger partial charge in [-0.3, -0.25) is 23.2 Å². The first-order chi connectivity index (χ1) is 22.6. The van der Waals surface area contributed by atoms with Crippen molar-refractivity contribution in [1.29, 1.82) is 0 Å². The molecule has 1 unspecified atom stereocenters. The second kappa shape index (κ2) is 13.7. The topological polar surface area (TPSA) is 201 Å². The zero-order valence-electron chi connectivity index (χ0n) is 29.9. The second-order valence-electron chi connectivity index (χ2n) is 16.2. The molecule has 0 amide bonds. The van der Waals surface area contributed by atoms with Crippen molar-refractivity contribution < 1.29 is 64.6 Å². The first-order valence-electron chi connectivity index (χ1n) is 17.5. The van der Waals surface area contributed by atoms with E-state index in [0.717, 1.165) is 20.5 Å². The van der Waals surface area contributed by atoms with Crippen molar-refractivity contribution in [3.63, 3.8) is 0 Å². The summed E-state index contributed by atoms with van der Waals surface area (Å²) in [4.78, 5) is 36.0. The van der Waals surface area contributed by atoms with E-state index in [1.807, 2.05) is 6.92 Å². The number of carbonyl (C=O) groups excluding carboxylic acids is 2. The van der Waals surface area contributed by atoms with Crippen LogP contribution in [-0.4, -0.2) is 84.7 Å². The van der Waals surface area contributed by atoms with Gasteiger partial charge in [0.05, 0.1) is 24.4 Å². The van der Waals surface area contributed by atoms with Crippen LogP contribution in [0.15, 0.2) is 0 Å². The number of ether oxygens (including phenoxy) is 3. The number of aliphatic hydroxyl groups excluding tert-OH is 1. The SMILES string of the molecule is COP(=O)(O)O[C@@H]1[C@H]2O[C@@H]([C@@H](C)C(C)C)C[C@@H](C)[C@@H]2[C@@]2(C)CC[C@H]3[C@@H]([C@@H](OC(C)=O)[C@@H](O)[C@H]4[C@@H](OC(C)=O)[C@H](OS(=O)(=O)O)CC[C@@]43C)[C@H]12. The highest BCUT2D eigenvalue weighted by Gasteiger charge is 2.74. The van der Waals surface area contributed by atoms with Gasteiger partial charge in [0.2, 0.25) is 0 Å². The monoisotopic (exact) mass is 738 g/mol. The van der Waals surface area contributed by atoms with Gasteiger partial charge in [0.1, 0.15) is 18.3 Å². The third-order valence-electron chi connectivity index (χ3n) is 13.3. The van der Waals surface area contributed by atoms with E-state index in [4.69, 9.17) is 27.4 Å². The lowest BCUT2D eigenvalue weighted by molar-refractivity contribution is -0.262. The molecule has 49 heavy (non-hydrogen) atoms. The number of phosphoric ester groups is 1. The third-order valence-corrected chi connectivity index (χ3v) is 14.8. The Labute approximate surface area is 289 Å². The summed E-state index contributed by atoms with van der Waals surface area (Å²) in [5.74, 6) is -3.23. The van der Waals surface area contributed by atoms with Crippen LogP contribution in [0.25, 0.3) is 0 Å². The minimum atomic E-state index is -4.96. The van der Waals surface area contributed by atoms with Crippen molar-refractivity contribution in [2.45, 2.75) is 130 Å². The van der Waals surface area contributed by atoms with Gasteiger partial charge in [-0.1, -0.05) is 41.5 Å². The molecule has 0 aromatic carbocycles. The highest BCUT2D eigenvalue weighted by molar-refractivity contribution is 7.80. The molecule has 17 atom stereocenters. The van der Waals surface area contributed by atoms with Gasteiger partial charge in [0, 0.05) is 38.7 Å². The summed E-state index contributed by atoms with van der Waals surface area (Å²) < 4.78 is 81.2. The summed E-state index contributed by atoms with van der Waals surface area (Å²) >= 11 is 0. The smallest absolute Gasteiger partial charge is 0.459 e. The molecule has 14 nitrogen and oxygen atoms in total. The minimum Gasteiger partial charge on any atom is -0.459 e. The lowest BCUT2D eigenvalue weighted by Crippen LogP contribution is -2.69. The zero-order chi connectivity index (χ0) is 36.6. The lowest BCUT2D eigenvalue weighted by Gasteiger charge is -2.65. The van der Waals surface area contributed by atoms with Gasteiger partial charge in [0.25, 0.3) is 0 Å². The predicted octanol–water partition coefficient (Wildman–Crippen LogP) is 4.32. The number of carbonyl (C=O) groups is 2. The molecule has 1 heterocycles. The van der Waals surface area contributed by atoms with E-state index in [2.05, 4.69) is 34.6 Å². The van der Waals surface area contributed by atoms with Gasteiger partial charge < -0.3 is 24.2 Å². The normalized spacial score (nSPS) is 46.8. The predicted molar refractivity (Wildman–Crippen MR) is 174 cm³/mol. The van der Waals surface area contributed by atoms with Crippen LogP contribution < -0.4 is 0 Å². The Morgan fingerprint density at radius 3 is 2.08 bits per heavy atom. The molecule has 0 radical (unpaired) electrons. The maximum absolute atomic E-state index is 13.3. The molecule has 0 spiro atoms. The van der Waals surface area contributed by atoms with Gasteiger partial charge in [-0.05, 0) is 72.5 Å². The van der Waals surface area contributed by atoms with Crippen molar-refractivity contribution in [2.24, 2.45) is 58.2 Å². The number of esters is 2. The molecule has 5 rings (SSSR count). The fraction of sp³-hybridized carbons (Fsp3) is 0.939. The number of phosphoric acid groups is 1. The van der Waals surface area contributed by atoms with E-state index in [-0.39, 0.29) is 36.2 Å². The number of hydrogen-bond donors (Lipinski definition) is 3. The van der Waals surface area contributed by atoms with Crippen LogP contribution in [0.1, 0.15) is 87.5 Å². The molecule has 0 bridgehead atoms. The Kier molecular flexibility index (Phi) is 10.9. The Balaban J connectivity index is 1.66. The maximum Gasteiger partial charge on any atom is 0.472 e. The van der Waals surface area contributed by atoms with Gasteiger partial charge >= 0.3 is 30.2 Å². The molecule has 3 N–H and O–H groups in total. The summed E-state index contributed by atoms with van der Waals surface area (Å²) in [5.41, 5.74) is -1.34. The fourth-order valence-electron chi connectivity index (χ4n) is 11.3. The quantitative estimate of drug-likeness (QED) is 0.171. The van der Waals surface area contributed by atoms with E-state index in [1.165, 1.54) is 6.92 Å². The molecule has 5 fully saturated rings. The molecule has 4 saturated carbocycles. The molecule has 16 heteroatoms. The second-order valence-corrected chi connectivity index (χ2v) is 18.8. The van der Waals surface area contributed by atoms with Crippen molar-refractivity contribution >= 4 is 30.2 Å². The molecule has 0 aromatic rings. The van der Waals surface area contributed by atoms with Crippen LogP contribution >= 0.6 is 7.82 Å². The number of aliphatic hydroxyl groups is 1. The highest BCUT2D eigenvalue weighted by Crippen LogP contribution is 2.71. The summed E-state index contributed by atoms with van der Waals surface area (Å²) in [7, 11) is -8.43. The van der Waals surface area contributed by atoms with Gasteiger partial charge in [0.15, 0.2) is 0 Å². The molecule has 4 aliphatic carbocycles. The van der Waals surface area contributed by atoms with E-state index in [9.17, 15) is 37.1 Å². The van der Waals surface area contributed by atoms with Crippen LogP contribution in [0.4, 0.5) is 0 Å². The van der Waals surface area contributed by atoms with Gasteiger partial charge in [-0.2, -0.15) is 8.42 Å². The van der Waals surface area contributed by atoms with Gasteiger partial charge in [-0.25, -0.2) is 8.75 Å². The molecular weight excluding hydrogens is 683 g/mol. The standard InChI is InChI=1S/C33H55O14PS/c1-15(2)17(4)22-14-16(3)24-30(45-22)31(46-48(37,38)42-9)25-23-20(10-12-33(24,25)8)32(7)13-11-21(47-49(39,40)41)28(43-18(5)34)26(32)27(36)29(23)44-19(6)35/h15-17,20-31,36H,10-14H2,1-9H3,(H,37,38)(H,39,40,41)/t16-,17+,20+,21-,22-,23-,24+,25-,26+,27+,28+,29-,30+,31+,32-,33-/m1/s1. The Bertz CT molecular complexity index is 1420. The minimum absolute atomic E-state index is 0.0798. The van der Waals surface area contributed by atoms with Crippen molar-refractivity contribution in [3.05, 3.63) is 0 Å². The average molecular weight is 739 g/mol. The van der Waals surface area contributed by atoms with Gasteiger partial charge in [-0.15, -0.1) is 0 Å². The van der Waals surface area contributed by atoms with E-state index < -0.39 is 95.4 Å². The van der Waals surface area contributed by atoms with Crippen molar-refractivity contribution in [2.75, 3.05) is 7.11 Å². The summed E-state index contributed by atoms with van der Waals surface area (Å²) in [6, 6.07) is 0. The zero-order valence-corrected chi connectivity index (χ0v) is 31.6. The molecule has 1 saturated heterocycles. The summed E-state index contributed by atoms with van der Waals surface area (Å²) in [6.07, 6.45) is -4.48. The van der Waals surface area contributed by atoms with Crippen molar-refractivity contribution in [3.8, 4) is 0 Å².